The van der Waals surface area contributed by atoms with Gasteiger partial charge in [-0.2, -0.15) is 0 Å². The third-order valence-electron chi connectivity index (χ3n) is 5.42. The summed E-state index contributed by atoms with van der Waals surface area (Å²) in [7, 11) is 1.73. The predicted octanol–water partition coefficient (Wildman–Crippen LogP) is 1.09. The third kappa shape index (κ3) is 5.87. The SMILES string of the molecule is CN(C[C@H]1CCCN(CCc2ccccc2F)C1)C(=O)Cn1ccc(=O)[nH]c1=O. The minimum Gasteiger partial charge on any atom is -0.344 e. The van der Waals surface area contributed by atoms with Crippen molar-refractivity contribution in [1.82, 2.24) is 19.4 Å². The molecular weight excluding hydrogens is 375 g/mol. The Morgan fingerprint density at radius 1 is 1.28 bits per heavy atom. The van der Waals surface area contributed by atoms with Gasteiger partial charge >= 0.3 is 5.69 Å². The molecule has 1 atom stereocenters. The van der Waals surface area contributed by atoms with Crippen LogP contribution >= 0.6 is 0 Å². The number of piperidine rings is 1. The lowest BCUT2D eigenvalue weighted by atomic mass is 9.97. The molecule has 2 heterocycles. The molecule has 1 saturated heterocycles. The molecule has 3 rings (SSSR count). The van der Waals surface area contributed by atoms with Crippen LogP contribution in [-0.4, -0.2) is 58.5 Å². The molecule has 2 aromatic rings. The van der Waals surface area contributed by atoms with Crippen LogP contribution in [0.5, 0.6) is 0 Å². The number of rotatable bonds is 7. The lowest BCUT2D eigenvalue weighted by Crippen LogP contribution is -2.43. The van der Waals surface area contributed by atoms with Gasteiger partial charge in [0.1, 0.15) is 12.4 Å². The van der Waals surface area contributed by atoms with E-state index in [1.165, 1.54) is 22.9 Å². The van der Waals surface area contributed by atoms with E-state index in [2.05, 4.69) is 9.88 Å². The van der Waals surface area contributed by atoms with Crippen LogP contribution in [-0.2, 0) is 17.8 Å². The smallest absolute Gasteiger partial charge is 0.328 e. The summed E-state index contributed by atoms with van der Waals surface area (Å²) in [4.78, 5) is 41.5. The fourth-order valence-electron chi connectivity index (χ4n) is 3.81. The van der Waals surface area contributed by atoms with Crippen LogP contribution in [0.1, 0.15) is 18.4 Å². The van der Waals surface area contributed by atoms with E-state index >= 15 is 0 Å². The lowest BCUT2D eigenvalue weighted by Gasteiger charge is -2.34. The Labute approximate surface area is 168 Å². The van der Waals surface area contributed by atoms with Gasteiger partial charge in [-0.25, -0.2) is 9.18 Å². The molecule has 0 unspecified atom stereocenters. The van der Waals surface area contributed by atoms with E-state index in [4.69, 9.17) is 0 Å². The van der Waals surface area contributed by atoms with Crippen molar-refractivity contribution in [3.05, 3.63) is 68.7 Å². The average Bonchev–Trinajstić information content (AvgIpc) is 2.69. The molecule has 8 heteroatoms. The van der Waals surface area contributed by atoms with Gasteiger partial charge in [0.05, 0.1) is 0 Å². The summed E-state index contributed by atoms with van der Waals surface area (Å²) in [5.41, 5.74) is -0.339. The van der Waals surface area contributed by atoms with Crippen LogP contribution in [0, 0.1) is 11.7 Å². The van der Waals surface area contributed by atoms with E-state index in [1.807, 2.05) is 12.1 Å². The van der Waals surface area contributed by atoms with Crippen molar-refractivity contribution in [2.45, 2.75) is 25.8 Å². The molecule has 1 amide bonds. The number of nitrogens with one attached hydrogen (secondary N) is 1. The quantitative estimate of drug-likeness (QED) is 0.752. The Morgan fingerprint density at radius 3 is 2.83 bits per heavy atom. The zero-order chi connectivity index (χ0) is 20.8. The molecule has 156 valence electrons. The number of aromatic nitrogens is 2. The Bertz CT molecular complexity index is 955. The number of likely N-dealkylation sites (N-methyl/N-ethyl adjacent to an activating group) is 1. The highest BCUT2D eigenvalue weighted by Gasteiger charge is 2.23. The molecule has 1 N–H and O–H groups in total. The van der Waals surface area contributed by atoms with Gasteiger partial charge < -0.3 is 9.80 Å². The Kier molecular flexibility index (Phi) is 6.98. The summed E-state index contributed by atoms with van der Waals surface area (Å²) in [6, 6.07) is 8.09. The number of hydrogen-bond donors (Lipinski definition) is 1. The molecule has 1 aliphatic rings. The average molecular weight is 402 g/mol. The van der Waals surface area contributed by atoms with Crippen molar-refractivity contribution in [2.24, 2.45) is 5.92 Å². The maximum Gasteiger partial charge on any atom is 0.328 e. The van der Waals surface area contributed by atoms with Crippen LogP contribution in [0.4, 0.5) is 4.39 Å². The molecule has 7 nitrogen and oxygen atoms in total. The number of nitrogens with zero attached hydrogens (tertiary/aromatic N) is 3. The minimum atomic E-state index is -0.587. The Morgan fingerprint density at radius 2 is 2.07 bits per heavy atom. The number of halogens is 1. The third-order valence-corrected chi connectivity index (χ3v) is 5.42. The summed E-state index contributed by atoms with van der Waals surface area (Å²) < 4.78 is 15.0. The number of H-pyrrole nitrogens is 1. The number of carbonyl (C=O) groups is 1. The molecule has 0 spiro atoms. The van der Waals surface area contributed by atoms with Crippen LogP contribution in [0.2, 0.25) is 0 Å². The van der Waals surface area contributed by atoms with E-state index in [0.717, 1.165) is 38.0 Å². The number of amides is 1. The molecule has 1 aliphatic heterocycles. The number of likely N-dealkylation sites (tertiary alicyclic amines) is 1. The van der Waals surface area contributed by atoms with Gasteiger partial charge in [-0.05, 0) is 43.4 Å². The second-order valence-electron chi connectivity index (χ2n) is 7.66. The second-order valence-corrected chi connectivity index (χ2v) is 7.66. The van der Waals surface area contributed by atoms with Gasteiger partial charge in [-0.15, -0.1) is 0 Å². The van der Waals surface area contributed by atoms with E-state index in [1.54, 1.807) is 18.0 Å². The van der Waals surface area contributed by atoms with Crippen molar-refractivity contribution < 1.29 is 9.18 Å². The van der Waals surface area contributed by atoms with E-state index in [-0.39, 0.29) is 18.3 Å². The van der Waals surface area contributed by atoms with Crippen LogP contribution in [0.15, 0.2) is 46.1 Å². The monoisotopic (exact) mass is 402 g/mol. The summed E-state index contributed by atoms with van der Waals surface area (Å²) >= 11 is 0. The summed E-state index contributed by atoms with van der Waals surface area (Å²) in [5.74, 6) is -0.00265. The molecule has 1 aromatic carbocycles. The van der Waals surface area contributed by atoms with Crippen LogP contribution in [0.25, 0.3) is 0 Å². The first-order valence-electron chi connectivity index (χ1n) is 9.92. The number of aromatic amines is 1. The molecule has 29 heavy (non-hydrogen) atoms. The van der Waals surface area contributed by atoms with Crippen LogP contribution < -0.4 is 11.2 Å². The normalized spacial score (nSPS) is 17.2. The summed E-state index contributed by atoms with van der Waals surface area (Å²) in [5, 5.41) is 0. The molecule has 0 saturated carbocycles. The molecule has 0 radical (unpaired) electrons. The number of carbonyl (C=O) groups excluding carboxylic acids is 1. The van der Waals surface area contributed by atoms with Gasteiger partial charge in [-0.1, -0.05) is 18.2 Å². The van der Waals surface area contributed by atoms with Crippen molar-refractivity contribution in [3.8, 4) is 0 Å². The lowest BCUT2D eigenvalue weighted by molar-refractivity contribution is -0.131. The summed E-state index contributed by atoms with van der Waals surface area (Å²) in [6.07, 6.45) is 4.08. The zero-order valence-corrected chi connectivity index (χ0v) is 16.6. The van der Waals surface area contributed by atoms with Crippen molar-refractivity contribution in [2.75, 3.05) is 33.2 Å². The van der Waals surface area contributed by atoms with Crippen molar-refractivity contribution in [3.63, 3.8) is 0 Å². The van der Waals surface area contributed by atoms with Gasteiger partial charge in [0.2, 0.25) is 5.91 Å². The fraction of sp³-hybridized carbons (Fsp3) is 0.476. The van der Waals surface area contributed by atoms with E-state index < -0.39 is 11.2 Å². The van der Waals surface area contributed by atoms with E-state index in [0.29, 0.717) is 18.9 Å². The van der Waals surface area contributed by atoms with E-state index in [9.17, 15) is 18.8 Å². The van der Waals surface area contributed by atoms with Crippen molar-refractivity contribution >= 4 is 5.91 Å². The van der Waals surface area contributed by atoms with Gasteiger partial charge in [0, 0.05) is 38.9 Å². The first kappa shape index (κ1) is 21.0. The standard InChI is InChI=1S/C21H27FN4O3/c1-24(20(28)15-26-12-9-19(27)23-21(26)29)13-16-5-4-10-25(14-16)11-8-17-6-2-3-7-18(17)22/h2-3,6-7,9,12,16H,4-5,8,10-11,13-15H2,1H3,(H,23,27,29)/t16-/m1/s1. The summed E-state index contributed by atoms with van der Waals surface area (Å²) in [6.45, 7) is 3.14. The molecule has 0 bridgehead atoms. The first-order chi connectivity index (χ1) is 13.9. The van der Waals surface area contributed by atoms with Crippen molar-refractivity contribution in [1.29, 1.82) is 0 Å². The highest BCUT2D eigenvalue weighted by atomic mass is 19.1. The van der Waals surface area contributed by atoms with Crippen LogP contribution in [0.3, 0.4) is 0 Å². The largest absolute Gasteiger partial charge is 0.344 e. The number of hydrogen-bond acceptors (Lipinski definition) is 4. The molecule has 0 aliphatic carbocycles. The van der Waals surface area contributed by atoms with Gasteiger partial charge in [0.15, 0.2) is 0 Å². The number of benzene rings is 1. The Hall–Kier alpha value is -2.74. The molecule has 1 fully saturated rings. The van der Waals surface area contributed by atoms with Gasteiger partial charge in [-0.3, -0.25) is 19.1 Å². The molecule has 1 aromatic heterocycles. The molecular formula is C21H27FN4O3. The Balaban J connectivity index is 1.50. The zero-order valence-electron chi connectivity index (χ0n) is 16.6. The topological polar surface area (TPSA) is 78.4 Å². The predicted molar refractivity (Wildman–Crippen MR) is 108 cm³/mol. The highest BCUT2D eigenvalue weighted by Crippen LogP contribution is 2.18. The fourth-order valence-corrected chi connectivity index (χ4v) is 3.81. The highest BCUT2D eigenvalue weighted by molar-refractivity contribution is 5.75. The first-order valence-corrected chi connectivity index (χ1v) is 9.92. The minimum absolute atomic E-state index is 0.101. The maximum absolute atomic E-state index is 13.8. The second kappa shape index (κ2) is 9.65. The maximum atomic E-state index is 13.8. The van der Waals surface area contributed by atoms with Gasteiger partial charge in [0.25, 0.3) is 5.56 Å².